The van der Waals surface area contributed by atoms with E-state index in [0.29, 0.717) is 0 Å². The maximum absolute atomic E-state index is 14.3. The zero-order valence-corrected chi connectivity index (χ0v) is 14.8. The van der Waals surface area contributed by atoms with E-state index in [4.69, 9.17) is 9.15 Å². The number of halogens is 1. The molecule has 2 N–H and O–H groups in total. The molecular formula is C18H13FN2O8. The van der Waals surface area contributed by atoms with Crippen LogP contribution in [0.1, 0.15) is 17.3 Å². The number of benzene rings is 1. The topological polar surface area (TPSA) is 150 Å². The lowest BCUT2D eigenvalue weighted by atomic mass is 9.99. The summed E-state index contributed by atoms with van der Waals surface area (Å²) in [6.07, 6.45) is 1.91. The number of pyridine rings is 1. The first-order valence-electron chi connectivity index (χ1n) is 8.13. The number of furan rings is 1. The third kappa shape index (κ3) is 3.40. The van der Waals surface area contributed by atoms with Crippen LogP contribution in [0.25, 0.3) is 22.5 Å². The Bertz CT molecular complexity index is 1130. The van der Waals surface area contributed by atoms with Gasteiger partial charge in [0, 0.05) is 17.7 Å². The van der Waals surface area contributed by atoms with Crippen LogP contribution >= 0.6 is 0 Å². The van der Waals surface area contributed by atoms with E-state index < -0.39 is 34.0 Å². The molecule has 0 atom stereocenters. The third-order valence-corrected chi connectivity index (χ3v) is 3.99. The first-order valence-corrected chi connectivity index (χ1v) is 8.13. The number of phenols is 2. The minimum Gasteiger partial charge on any atom is -0.617 e. The first-order chi connectivity index (χ1) is 13.8. The molecule has 2 heterocycles. The number of aromatic nitrogens is 1. The second-order valence-corrected chi connectivity index (χ2v) is 5.73. The summed E-state index contributed by atoms with van der Waals surface area (Å²) in [5.41, 5.74) is -1.61. The lowest BCUT2D eigenvalue weighted by Crippen LogP contribution is -2.30. The smallest absolute Gasteiger partial charge is 0.382 e. The number of aromatic hydroxyl groups is 2. The maximum atomic E-state index is 14.3. The first kappa shape index (κ1) is 19.6. The molecule has 0 radical (unpaired) electrons. The highest BCUT2D eigenvalue weighted by Gasteiger charge is 2.30. The Labute approximate surface area is 161 Å². The summed E-state index contributed by atoms with van der Waals surface area (Å²) in [5, 5.41) is 42.1. The lowest BCUT2D eigenvalue weighted by molar-refractivity contribution is -0.636. The van der Waals surface area contributed by atoms with Crippen molar-refractivity contribution in [3.8, 4) is 33.9 Å². The minimum absolute atomic E-state index is 0.0390. The molecular weight excluding hydrogens is 391 g/mol. The molecule has 11 heteroatoms. The zero-order chi connectivity index (χ0) is 21.3. The Morgan fingerprint density at radius 2 is 2.07 bits per heavy atom. The van der Waals surface area contributed by atoms with E-state index >= 15 is 0 Å². The Kier molecular flexibility index (Phi) is 5.05. The SMILES string of the molecule is CCOC(=O)c1c(-c2cc(O)c(O)c([N+](=O)[O-])c2)coc1-c1ccc[n+]([O-])c1F. The van der Waals surface area contributed by atoms with Crippen LogP contribution in [-0.4, -0.2) is 27.7 Å². The van der Waals surface area contributed by atoms with Gasteiger partial charge in [-0.15, -0.1) is 9.12 Å². The number of carbonyl (C=O) groups is 1. The van der Waals surface area contributed by atoms with Crippen LogP contribution in [-0.2, 0) is 4.74 Å². The Hall–Kier alpha value is -4.15. The van der Waals surface area contributed by atoms with Crippen LogP contribution < -0.4 is 4.73 Å². The standard InChI is InChI=1S/C18H13FN2O8/c1-2-28-18(24)14-11(9-6-12(21(26)27)15(23)13(22)7-9)8-29-16(14)10-4-3-5-20(25)17(10)19/h3-8,22-23H,2H2,1H3. The van der Waals surface area contributed by atoms with Crippen LogP contribution in [0.5, 0.6) is 11.5 Å². The van der Waals surface area contributed by atoms with Gasteiger partial charge in [0.2, 0.25) is 5.75 Å². The summed E-state index contributed by atoms with van der Waals surface area (Å²) in [7, 11) is 0. The van der Waals surface area contributed by atoms with Gasteiger partial charge in [-0.1, -0.05) is 0 Å². The lowest BCUT2D eigenvalue weighted by Gasteiger charge is -2.08. The summed E-state index contributed by atoms with van der Waals surface area (Å²) < 4.78 is 24.5. The summed E-state index contributed by atoms with van der Waals surface area (Å²) in [6, 6.07) is 4.31. The highest BCUT2D eigenvalue weighted by molar-refractivity contribution is 6.03. The number of nitro benzene ring substituents is 1. The molecule has 150 valence electrons. The van der Waals surface area contributed by atoms with Gasteiger partial charge in [0.15, 0.2) is 17.7 Å². The second kappa shape index (κ2) is 7.46. The number of hydrogen-bond acceptors (Lipinski definition) is 8. The van der Waals surface area contributed by atoms with Crippen LogP contribution in [0.15, 0.2) is 41.1 Å². The number of carbonyl (C=O) groups excluding carboxylic acids is 1. The minimum atomic E-state index is -1.24. The van der Waals surface area contributed by atoms with Crippen molar-refractivity contribution < 1.29 is 38.2 Å². The molecule has 29 heavy (non-hydrogen) atoms. The Balaban J connectivity index is 2.29. The van der Waals surface area contributed by atoms with Crippen molar-refractivity contribution in [3.05, 3.63) is 63.6 Å². The molecule has 1 aromatic carbocycles. The molecule has 0 aliphatic heterocycles. The largest absolute Gasteiger partial charge is 0.617 e. The molecule has 0 saturated heterocycles. The molecule has 0 amide bonds. The summed E-state index contributed by atoms with van der Waals surface area (Å²) in [4.78, 5) is 22.7. The molecule has 0 unspecified atom stereocenters. The predicted octanol–water partition coefficient (Wildman–Crippen LogP) is 2.88. The highest BCUT2D eigenvalue weighted by Crippen LogP contribution is 2.42. The van der Waals surface area contributed by atoms with Crippen molar-refractivity contribution in [2.75, 3.05) is 6.61 Å². The van der Waals surface area contributed by atoms with Gasteiger partial charge in [0.05, 0.1) is 17.8 Å². The third-order valence-electron chi connectivity index (χ3n) is 3.99. The molecule has 0 aliphatic carbocycles. The molecule has 10 nitrogen and oxygen atoms in total. The number of esters is 1. The van der Waals surface area contributed by atoms with E-state index in [2.05, 4.69) is 0 Å². The van der Waals surface area contributed by atoms with Gasteiger partial charge in [-0.2, -0.15) is 0 Å². The Morgan fingerprint density at radius 3 is 2.72 bits per heavy atom. The van der Waals surface area contributed by atoms with E-state index in [1.54, 1.807) is 0 Å². The van der Waals surface area contributed by atoms with Gasteiger partial charge in [-0.25, -0.2) is 4.79 Å². The number of phenolic OH excluding ortho intramolecular Hbond substituents is 2. The fourth-order valence-electron chi connectivity index (χ4n) is 2.71. The zero-order valence-electron chi connectivity index (χ0n) is 14.8. The van der Waals surface area contributed by atoms with Gasteiger partial charge in [-0.3, -0.25) is 10.1 Å². The number of nitrogens with zero attached hydrogens (tertiary/aromatic N) is 2. The average Bonchev–Trinajstić information content (AvgIpc) is 3.11. The number of hydrogen-bond donors (Lipinski definition) is 2. The van der Waals surface area contributed by atoms with Crippen molar-refractivity contribution in [3.63, 3.8) is 0 Å². The molecule has 0 spiro atoms. The van der Waals surface area contributed by atoms with Gasteiger partial charge in [0.1, 0.15) is 11.1 Å². The molecule has 0 fully saturated rings. The molecule has 0 bridgehead atoms. The highest BCUT2D eigenvalue weighted by atomic mass is 19.1. The van der Waals surface area contributed by atoms with E-state index in [1.807, 2.05) is 0 Å². The average molecular weight is 404 g/mol. The number of nitro groups is 1. The molecule has 0 aliphatic rings. The molecule has 3 aromatic rings. The van der Waals surface area contributed by atoms with Crippen LogP contribution in [0.2, 0.25) is 0 Å². The second-order valence-electron chi connectivity index (χ2n) is 5.73. The normalized spacial score (nSPS) is 10.7. The van der Waals surface area contributed by atoms with Gasteiger partial charge in [0.25, 0.3) is 0 Å². The van der Waals surface area contributed by atoms with Crippen molar-refractivity contribution in [1.82, 2.24) is 0 Å². The van der Waals surface area contributed by atoms with E-state index in [0.717, 1.165) is 24.6 Å². The van der Waals surface area contributed by atoms with E-state index in [1.165, 1.54) is 19.1 Å². The predicted molar refractivity (Wildman–Crippen MR) is 94.4 cm³/mol. The maximum Gasteiger partial charge on any atom is 0.382 e. The van der Waals surface area contributed by atoms with Gasteiger partial charge < -0.3 is 24.6 Å². The summed E-state index contributed by atoms with van der Waals surface area (Å²) in [5.74, 6) is -4.28. The van der Waals surface area contributed by atoms with Crippen LogP contribution in [0.3, 0.4) is 0 Å². The molecule has 3 rings (SSSR count). The van der Waals surface area contributed by atoms with Gasteiger partial charge in [-0.05, 0) is 24.6 Å². The number of ether oxygens (including phenoxy) is 1. The fourth-order valence-corrected chi connectivity index (χ4v) is 2.71. The summed E-state index contributed by atoms with van der Waals surface area (Å²) >= 11 is 0. The van der Waals surface area contributed by atoms with Crippen molar-refractivity contribution in [1.29, 1.82) is 0 Å². The van der Waals surface area contributed by atoms with E-state index in [-0.39, 0.29) is 39.4 Å². The van der Waals surface area contributed by atoms with Crippen LogP contribution in [0.4, 0.5) is 10.1 Å². The van der Waals surface area contributed by atoms with Crippen molar-refractivity contribution in [2.45, 2.75) is 6.92 Å². The van der Waals surface area contributed by atoms with Crippen molar-refractivity contribution in [2.24, 2.45) is 0 Å². The van der Waals surface area contributed by atoms with Crippen molar-refractivity contribution >= 4 is 11.7 Å². The quantitative estimate of drug-likeness (QED) is 0.125. The molecule has 2 aromatic heterocycles. The van der Waals surface area contributed by atoms with Crippen LogP contribution in [0, 0.1) is 21.3 Å². The number of rotatable bonds is 5. The Morgan fingerprint density at radius 1 is 1.34 bits per heavy atom. The monoisotopic (exact) mass is 404 g/mol. The molecule has 0 saturated carbocycles. The van der Waals surface area contributed by atoms with Gasteiger partial charge >= 0.3 is 17.6 Å². The fraction of sp³-hybridized carbons (Fsp3) is 0.111. The summed E-state index contributed by atoms with van der Waals surface area (Å²) in [6.45, 7) is 1.49. The van der Waals surface area contributed by atoms with E-state index in [9.17, 15) is 34.7 Å².